The Hall–Kier alpha value is -3.52. The Morgan fingerprint density at radius 1 is 1.15 bits per heavy atom. The number of primary amides is 1. The molecule has 172 valence electrons. The maximum Gasteiger partial charge on any atom is 0.251 e. The van der Waals surface area contributed by atoms with Crippen molar-refractivity contribution in [2.45, 2.75) is 25.9 Å². The maximum atomic E-state index is 12.8. The molecule has 1 saturated heterocycles. The van der Waals surface area contributed by atoms with Gasteiger partial charge in [-0.1, -0.05) is 24.3 Å². The Labute approximate surface area is 193 Å². The highest BCUT2D eigenvalue weighted by Crippen LogP contribution is 2.22. The molecule has 8 heteroatoms. The molecule has 1 aliphatic rings. The summed E-state index contributed by atoms with van der Waals surface area (Å²) in [6.45, 7) is 2.87. The molecule has 33 heavy (non-hydrogen) atoms. The van der Waals surface area contributed by atoms with Crippen LogP contribution in [-0.4, -0.2) is 53.9 Å². The molecule has 3 aromatic rings. The standard InChI is InChI=1S/C25H30N6O2/c1-30(2)24-21-9-8-19(12-22(21)28-16-29-24)25(33)27-13-17-5-3-6-18(11-17)14-31-10-4-7-20(15-31)23(26)32/h3,5-6,8-9,11-12,16,20H,4,7,10,13-15H2,1-2H3,(H2,26,32)(H,27,33). The fraction of sp³-hybridized carbons (Fsp3) is 0.360. The number of nitrogens with two attached hydrogens (primary N) is 1. The molecule has 8 nitrogen and oxygen atoms in total. The van der Waals surface area contributed by atoms with Gasteiger partial charge in [0.25, 0.3) is 5.91 Å². The lowest BCUT2D eigenvalue weighted by molar-refractivity contribution is -0.123. The van der Waals surface area contributed by atoms with Gasteiger partial charge in [-0.2, -0.15) is 0 Å². The third-order valence-corrected chi connectivity index (χ3v) is 6.06. The molecule has 0 spiro atoms. The van der Waals surface area contributed by atoms with Crippen LogP contribution in [0.1, 0.15) is 34.3 Å². The molecule has 1 aromatic heterocycles. The van der Waals surface area contributed by atoms with Crippen molar-refractivity contribution < 1.29 is 9.59 Å². The fourth-order valence-electron chi connectivity index (χ4n) is 4.35. The summed E-state index contributed by atoms with van der Waals surface area (Å²) in [5, 5.41) is 3.91. The first-order valence-corrected chi connectivity index (χ1v) is 11.2. The monoisotopic (exact) mass is 446 g/mol. The van der Waals surface area contributed by atoms with Crippen molar-refractivity contribution in [3.63, 3.8) is 0 Å². The first kappa shape index (κ1) is 22.7. The lowest BCUT2D eigenvalue weighted by Gasteiger charge is -2.31. The zero-order chi connectivity index (χ0) is 23.4. The van der Waals surface area contributed by atoms with Gasteiger partial charge in [-0.25, -0.2) is 9.97 Å². The molecule has 4 rings (SSSR count). The van der Waals surface area contributed by atoms with Crippen molar-refractivity contribution in [3.8, 4) is 0 Å². The van der Waals surface area contributed by atoms with E-state index in [9.17, 15) is 9.59 Å². The summed E-state index contributed by atoms with van der Waals surface area (Å²) < 4.78 is 0. The number of amides is 2. The quantitative estimate of drug-likeness (QED) is 0.577. The predicted molar refractivity (Wildman–Crippen MR) is 129 cm³/mol. The van der Waals surface area contributed by atoms with Crippen molar-refractivity contribution in [2.75, 3.05) is 32.1 Å². The van der Waals surface area contributed by atoms with Crippen LogP contribution in [0.15, 0.2) is 48.8 Å². The molecule has 2 heterocycles. The van der Waals surface area contributed by atoms with Gasteiger partial charge in [0, 0.05) is 44.7 Å². The third-order valence-electron chi connectivity index (χ3n) is 6.06. The number of aromatic nitrogens is 2. The number of benzene rings is 2. The Bertz CT molecular complexity index is 1160. The summed E-state index contributed by atoms with van der Waals surface area (Å²) in [5.74, 6) is 0.392. The smallest absolute Gasteiger partial charge is 0.251 e. The summed E-state index contributed by atoms with van der Waals surface area (Å²) in [4.78, 5) is 37.1. The van der Waals surface area contributed by atoms with Crippen molar-refractivity contribution >= 4 is 28.5 Å². The number of fused-ring (bicyclic) bond motifs is 1. The van der Waals surface area contributed by atoms with Crippen molar-refractivity contribution in [3.05, 3.63) is 65.5 Å². The molecule has 1 aliphatic heterocycles. The minimum Gasteiger partial charge on any atom is -0.369 e. The second-order valence-electron chi connectivity index (χ2n) is 8.80. The van der Waals surface area contributed by atoms with Crippen molar-refractivity contribution in [1.29, 1.82) is 0 Å². The molecule has 1 fully saturated rings. The Morgan fingerprint density at radius 3 is 2.76 bits per heavy atom. The van der Waals surface area contributed by atoms with E-state index < -0.39 is 0 Å². The van der Waals surface area contributed by atoms with E-state index in [4.69, 9.17) is 5.73 Å². The molecule has 2 amide bonds. The highest BCUT2D eigenvalue weighted by Gasteiger charge is 2.23. The van der Waals surface area contributed by atoms with Gasteiger partial charge < -0.3 is 16.0 Å². The lowest BCUT2D eigenvalue weighted by atomic mass is 9.97. The van der Waals surface area contributed by atoms with E-state index in [0.717, 1.165) is 53.8 Å². The number of carbonyl (C=O) groups excluding carboxylic acids is 2. The minimum absolute atomic E-state index is 0.0674. The number of hydrogen-bond acceptors (Lipinski definition) is 6. The summed E-state index contributed by atoms with van der Waals surface area (Å²) in [6, 6.07) is 13.7. The van der Waals surface area contributed by atoms with Crippen molar-refractivity contribution in [1.82, 2.24) is 20.2 Å². The van der Waals surface area contributed by atoms with Crippen LogP contribution >= 0.6 is 0 Å². The topological polar surface area (TPSA) is 104 Å². The van der Waals surface area contributed by atoms with E-state index in [0.29, 0.717) is 18.7 Å². The van der Waals surface area contributed by atoms with Gasteiger partial charge in [-0.15, -0.1) is 0 Å². The van der Waals surface area contributed by atoms with Crippen LogP contribution in [0.3, 0.4) is 0 Å². The van der Waals surface area contributed by atoms with E-state index in [1.54, 1.807) is 12.1 Å². The third kappa shape index (κ3) is 5.46. The van der Waals surface area contributed by atoms with Crippen LogP contribution in [0, 0.1) is 5.92 Å². The predicted octanol–water partition coefficient (Wildman–Crippen LogP) is 2.32. The Balaban J connectivity index is 1.39. The van der Waals surface area contributed by atoms with Gasteiger partial charge in [0.05, 0.1) is 11.4 Å². The average molecular weight is 447 g/mol. The lowest BCUT2D eigenvalue weighted by Crippen LogP contribution is -2.40. The van der Waals surface area contributed by atoms with Crippen LogP contribution < -0.4 is 16.0 Å². The molecular formula is C25H30N6O2. The number of rotatable bonds is 7. The number of nitrogens with one attached hydrogen (secondary N) is 1. The summed E-state index contributed by atoms with van der Waals surface area (Å²) in [5.41, 5.74) is 8.98. The Morgan fingerprint density at radius 2 is 1.97 bits per heavy atom. The van der Waals surface area contributed by atoms with Gasteiger partial charge in [0.2, 0.25) is 5.91 Å². The van der Waals surface area contributed by atoms with E-state index in [-0.39, 0.29) is 17.7 Å². The molecule has 2 aromatic carbocycles. The van der Waals surface area contributed by atoms with Crippen LogP contribution in [0.5, 0.6) is 0 Å². The maximum absolute atomic E-state index is 12.8. The molecule has 0 aliphatic carbocycles. The molecule has 1 atom stereocenters. The van der Waals surface area contributed by atoms with Gasteiger partial charge >= 0.3 is 0 Å². The molecule has 3 N–H and O–H groups in total. The first-order chi connectivity index (χ1) is 15.9. The molecule has 0 saturated carbocycles. The molecular weight excluding hydrogens is 416 g/mol. The van der Waals surface area contributed by atoms with E-state index in [1.165, 1.54) is 6.33 Å². The van der Waals surface area contributed by atoms with Crippen molar-refractivity contribution in [2.24, 2.45) is 11.7 Å². The minimum atomic E-state index is -0.214. The number of carbonyl (C=O) groups is 2. The number of hydrogen-bond donors (Lipinski definition) is 2. The van der Waals surface area contributed by atoms with E-state index >= 15 is 0 Å². The normalized spacial score (nSPS) is 16.5. The highest BCUT2D eigenvalue weighted by molar-refractivity contribution is 5.99. The zero-order valence-corrected chi connectivity index (χ0v) is 19.1. The first-order valence-electron chi connectivity index (χ1n) is 11.2. The summed E-state index contributed by atoms with van der Waals surface area (Å²) in [6.07, 6.45) is 3.37. The van der Waals surface area contributed by atoms with Gasteiger partial charge in [-0.05, 0) is 48.7 Å². The second kappa shape index (κ2) is 9.95. The fourth-order valence-corrected chi connectivity index (χ4v) is 4.35. The SMILES string of the molecule is CN(C)c1ncnc2cc(C(=O)NCc3cccc(CN4CCCC(C(N)=O)C4)c3)ccc12. The van der Waals surface area contributed by atoms with Gasteiger partial charge in [-0.3, -0.25) is 14.5 Å². The van der Waals surface area contributed by atoms with Crippen LogP contribution in [-0.2, 0) is 17.9 Å². The van der Waals surface area contributed by atoms with Gasteiger partial charge in [0.1, 0.15) is 12.1 Å². The van der Waals surface area contributed by atoms with Crippen LogP contribution in [0.25, 0.3) is 10.9 Å². The second-order valence-corrected chi connectivity index (χ2v) is 8.80. The zero-order valence-electron chi connectivity index (χ0n) is 19.1. The number of nitrogens with zero attached hydrogens (tertiary/aromatic N) is 4. The molecule has 0 radical (unpaired) electrons. The number of anilines is 1. The largest absolute Gasteiger partial charge is 0.369 e. The van der Waals surface area contributed by atoms with E-state index in [2.05, 4.69) is 32.3 Å². The number of likely N-dealkylation sites (tertiary alicyclic amines) is 1. The van der Waals surface area contributed by atoms with E-state index in [1.807, 2.05) is 37.2 Å². The molecule has 1 unspecified atom stereocenters. The summed E-state index contributed by atoms with van der Waals surface area (Å²) in [7, 11) is 3.86. The summed E-state index contributed by atoms with van der Waals surface area (Å²) >= 11 is 0. The van der Waals surface area contributed by atoms with Crippen LogP contribution in [0.2, 0.25) is 0 Å². The highest BCUT2D eigenvalue weighted by atomic mass is 16.2. The van der Waals surface area contributed by atoms with Gasteiger partial charge in [0.15, 0.2) is 0 Å². The Kier molecular flexibility index (Phi) is 6.84. The average Bonchev–Trinajstić information content (AvgIpc) is 2.82. The molecule has 0 bridgehead atoms. The number of piperidine rings is 1. The van der Waals surface area contributed by atoms with Crippen LogP contribution in [0.4, 0.5) is 5.82 Å².